The summed E-state index contributed by atoms with van der Waals surface area (Å²) in [4.78, 5) is 14.0. The van der Waals surface area contributed by atoms with Crippen molar-refractivity contribution in [1.82, 2.24) is 15.0 Å². The SMILES string of the molecule is Cc1c[c-]c(-c2cc(C)c(C)cn2)cc1.Cc1ccccc1-c1ccc(-c2[c-]ccc3c2oc2nc(Cc4ccccc4)ccc23)nc1.[Ir]. The molecule has 0 atom stereocenters. The average molecular weight is 814 g/mol. The minimum absolute atomic E-state index is 0. The average Bonchev–Trinajstić information content (AvgIpc) is 3.49. The van der Waals surface area contributed by atoms with Crippen molar-refractivity contribution in [2.75, 3.05) is 0 Å². The fourth-order valence-corrected chi connectivity index (χ4v) is 5.79. The van der Waals surface area contributed by atoms with Gasteiger partial charge in [-0.1, -0.05) is 96.2 Å². The van der Waals surface area contributed by atoms with Crippen LogP contribution in [0.3, 0.4) is 0 Å². The molecule has 0 saturated heterocycles. The first-order valence-corrected chi connectivity index (χ1v) is 16.1. The molecule has 0 spiro atoms. The molecule has 8 rings (SSSR count). The molecule has 49 heavy (non-hydrogen) atoms. The van der Waals surface area contributed by atoms with E-state index in [1.165, 1.54) is 33.4 Å². The van der Waals surface area contributed by atoms with E-state index in [2.05, 4.69) is 130 Å². The minimum atomic E-state index is 0. The molecule has 0 bridgehead atoms. The van der Waals surface area contributed by atoms with E-state index < -0.39 is 0 Å². The molecule has 0 amide bonds. The summed E-state index contributed by atoms with van der Waals surface area (Å²) in [6.45, 7) is 8.36. The van der Waals surface area contributed by atoms with Crippen molar-refractivity contribution in [3.63, 3.8) is 0 Å². The van der Waals surface area contributed by atoms with Gasteiger partial charge in [-0.3, -0.25) is 0 Å². The normalized spacial score (nSPS) is 10.8. The van der Waals surface area contributed by atoms with E-state index in [9.17, 15) is 0 Å². The van der Waals surface area contributed by atoms with Gasteiger partial charge in [-0.25, -0.2) is 4.98 Å². The van der Waals surface area contributed by atoms with Crippen molar-refractivity contribution >= 4 is 22.1 Å². The number of pyridine rings is 3. The first-order valence-electron chi connectivity index (χ1n) is 16.1. The van der Waals surface area contributed by atoms with Crippen molar-refractivity contribution < 1.29 is 24.5 Å². The van der Waals surface area contributed by atoms with Crippen molar-refractivity contribution in [2.24, 2.45) is 0 Å². The second kappa shape index (κ2) is 14.9. The molecule has 0 aliphatic heterocycles. The van der Waals surface area contributed by atoms with Crippen molar-refractivity contribution in [1.29, 1.82) is 0 Å². The molecule has 8 aromatic rings. The van der Waals surface area contributed by atoms with Gasteiger partial charge in [0.25, 0.3) is 0 Å². The van der Waals surface area contributed by atoms with Gasteiger partial charge < -0.3 is 14.4 Å². The number of furan rings is 1. The van der Waals surface area contributed by atoms with Gasteiger partial charge in [0, 0.05) is 50.0 Å². The predicted octanol–water partition coefficient (Wildman–Crippen LogP) is 10.9. The fraction of sp³-hybridized carbons (Fsp3) is 0.114. The molecule has 243 valence electrons. The van der Waals surface area contributed by atoms with E-state index in [4.69, 9.17) is 14.4 Å². The standard InChI is InChI=1S/C30H21N2O.C14H14N.Ir/c1-20-8-5-6-11-24(20)22-14-17-28(31-19-22)27-13-7-12-25-26-16-15-23(32-30(26)33-29(25)27)18-21-9-3-2-4-10-21;1-10-4-6-13(7-5-10)14-8-11(2)12(3)9-15-14;/h2-12,14-17,19H,18H2,1H3;4-6,8-9H,1-3H3;/q2*-1;. The molecule has 4 heterocycles. The molecule has 5 heteroatoms. The van der Waals surface area contributed by atoms with E-state index in [0.29, 0.717) is 5.71 Å². The van der Waals surface area contributed by atoms with E-state index in [1.54, 1.807) is 0 Å². The van der Waals surface area contributed by atoms with Gasteiger partial charge in [-0.15, -0.1) is 53.6 Å². The first-order chi connectivity index (χ1) is 23.4. The fourth-order valence-electron chi connectivity index (χ4n) is 5.79. The summed E-state index contributed by atoms with van der Waals surface area (Å²) in [6.07, 6.45) is 4.61. The topological polar surface area (TPSA) is 51.8 Å². The van der Waals surface area contributed by atoms with E-state index in [-0.39, 0.29) is 20.1 Å². The summed E-state index contributed by atoms with van der Waals surface area (Å²) in [5.74, 6) is 0. The van der Waals surface area contributed by atoms with Gasteiger partial charge >= 0.3 is 0 Å². The Morgan fingerprint density at radius 2 is 1.45 bits per heavy atom. The third kappa shape index (κ3) is 7.44. The van der Waals surface area contributed by atoms with Gasteiger partial charge in [-0.2, -0.15) is 0 Å². The Hall–Kier alpha value is -5.22. The van der Waals surface area contributed by atoms with E-state index in [1.807, 2.05) is 42.7 Å². The number of rotatable bonds is 5. The Balaban J connectivity index is 0.000000220. The molecule has 0 fully saturated rings. The number of fused-ring (bicyclic) bond motifs is 3. The van der Waals surface area contributed by atoms with Crippen LogP contribution < -0.4 is 0 Å². The van der Waals surface area contributed by atoms with Gasteiger partial charge in [0.2, 0.25) is 5.71 Å². The number of hydrogen-bond acceptors (Lipinski definition) is 4. The Morgan fingerprint density at radius 1 is 0.653 bits per heavy atom. The summed E-state index contributed by atoms with van der Waals surface area (Å²) in [7, 11) is 0. The second-order valence-corrected chi connectivity index (χ2v) is 12.2. The third-order valence-corrected chi connectivity index (χ3v) is 8.68. The van der Waals surface area contributed by atoms with Crippen LogP contribution in [0.2, 0.25) is 0 Å². The Morgan fingerprint density at radius 3 is 2.18 bits per heavy atom. The molecule has 4 aromatic carbocycles. The maximum absolute atomic E-state index is 6.27. The number of aromatic nitrogens is 3. The van der Waals surface area contributed by atoms with Crippen LogP contribution in [-0.4, -0.2) is 15.0 Å². The van der Waals surface area contributed by atoms with Gasteiger partial charge in [0.05, 0.1) is 5.58 Å². The van der Waals surface area contributed by atoms with Crippen LogP contribution in [0.1, 0.15) is 33.5 Å². The van der Waals surface area contributed by atoms with Gasteiger partial charge in [0.1, 0.15) is 0 Å². The molecule has 1 radical (unpaired) electrons. The van der Waals surface area contributed by atoms with E-state index >= 15 is 0 Å². The number of nitrogens with zero attached hydrogens (tertiary/aromatic N) is 3. The molecule has 0 saturated carbocycles. The molecular weight excluding hydrogens is 779 g/mol. The summed E-state index contributed by atoms with van der Waals surface area (Å²) in [5, 5.41) is 2.04. The first kappa shape index (κ1) is 33.7. The molecule has 4 nitrogen and oxygen atoms in total. The summed E-state index contributed by atoms with van der Waals surface area (Å²) < 4.78 is 6.27. The minimum Gasteiger partial charge on any atom is -0.486 e. The third-order valence-electron chi connectivity index (χ3n) is 8.68. The largest absolute Gasteiger partial charge is 0.486 e. The van der Waals surface area contributed by atoms with Gasteiger partial charge in [0.15, 0.2) is 0 Å². The zero-order chi connectivity index (χ0) is 33.0. The molecule has 0 N–H and O–H groups in total. The van der Waals surface area contributed by atoms with Crippen LogP contribution in [0.25, 0.3) is 55.7 Å². The number of hydrogen-bond donors (Lipinski definition) is 0. The monoisotopic (exact) mass is 814 g/mol. The second-order valence-electron chi connectivity index (χ2n) is 12.2. The zero-order valence-corrected chi connectivity index (χ0v) is 30.3. The van der Waals surface area contributed by atoms with Crippen LogP contribution in [0.15, 0.2) is 132 Å². The molecule has 0 unspecified atom stereocenters. The Kier molecular flexibility index (Phi) is 10.2. The smallest absolute Gasteiger partial charge is 0.216 e. The van der Waals surface area contributed by atoms with Crippen LogP contribution in [0, 0.1) is 39.8 Å². The number of benzene rings is 4. The van der Waals surface area contributed by atoms with Crippen molar-refractivity contribution in [3.05, 3.63) is 173 Å². The van der Waals surface area contributed by atoms with Crippen LogP contribution in [0.5, 0.6) is 0 Å². The number of aryl methyl sites for hydroxylation is 4. The molecule has 0 aliphatic rings. The van der Waals surface area contributed by atoms with Crippen molar-refractivity contribution in [3.8, 4) is 33.6 Å². The maximum atomic E-state index is 6.27. The van der Waals surface area contributed by atoms with Crippen molar-refractivity contribution in [2.45, 2.75) is 34.1 Å². The maximum Gasteiger partial charge on any atom is 0.216 e. The molecule has 4 aromatic heterocycles. The van der Waals surface area contributed by atoms with E-state index in [0.717, 1.165) is 56.5 Å². The summed E-state index contributed by atoms with van der Waals surface area (Å²) >= 11 is 0. The molecular formula is C44H35IrN3O-2. The Bertz CT molecular complexity index is 2340. The Labute approximate surface area is 301 Å². The van der Waals surface area contributed by atoms with Crippen LogP contribution in [0.4, 0.5) is 0 Å². The zero-order valence-electron chi connectivity index (χ0n) is 27.9. The summed E-state index contributed by atoms with van der Waals surface area (Å²) in [6, 6.07) is 45.8. The van der Waals surface area contributed by atoms with Gasteiger partial charge in [-0.05, 0) is 72.1 Å². The van der Waals surface area contributed by atoms with Crippen LogP contribution in [-0.2, 0) is 26.5 Å². The molecule has 0 aliphatic carbocycles. The summed E-state index contributed by atoms with van der Waals surface area (Å²) in [5.41, 5.74) is 14.6. The predicted molar refractivity (Wildman–Crippen MR) is 196 cm³/mol. The van der Waals surface area contributed by atoms with Crippen LogP contribution >= 0.6 is 0 Å². The quantitative estimate of drug-likeness (QED) is 0.162.